The number of hydrogen-bond acceptors (Lipinski definition) is 10. The van der Waals surface area contributed by atoms with Crippen LogP contribution in [0.2, 0.25) is 0 Å². The molecule has 0 aliphatic rings. The van der Waals surface area contributed by atoms with Crippen LogP contribution in [0.25, 0.3) is 0 Å². The quantitative estimate of drug-likeness (QED) is 0.0637. The number of aliphatic hydroxyl groups is 4. The number of methoxy groups -OCH3 is 1. The summed E-state index contributed by atoms with van der Waals surface area (Å²) in [7, 11) is 1.12. The zero-order valence-electron chi connectivity index (χ0n) is 24.5. The largest absolute Gasteiger partial charge is 0.466 e. The molecule has 0 rings (SSSR count). The Bertz CT molecular complexity index is 958. The second-order valence-corrected chi connectivity index (χ2v) is 8.90. The fourth-order valence-corrected chi connectivity index (χ4v) is 3.01. The second-order valence-electron chi connectivity index (χ2n) is 8.90. The van der Waals surface area contributed by atoms with Crippen LogP contribution in [-0.4, -0.2) is 83.1 Å². The summed E-state index contributed by atoms with van der Waals surface area (Å²) < 4.78 is 13.8. The van der Waals surface area contributed by atoms with Crippen molar-refractivity contribution in [3.8, 4) is 0 Å². The Morgan fingerprint density at radius 3 is 1.38 bits per heavy atom. The lowest BCUT2D eigenvalue weighted by atomic mass is 10.0. The highest BCUT2D eigenvalue weighted by molar-refractivity contribution is 5.91. The summed E-state index contributed by atoms with van der Waals surface area (Å²) in [5.74, 6) is -2.44. The van der Waals surface area contributed by atoms with Crippen molar-refractivity contribution in [2.24, 2.45) is 0 Å². The number of esters is 3. The van der Waals surface area contributed by atoms with Crippen molar-refractivity contribution >= 4 is 17.9 Å². The van der Waals surface area contributed by atoms with Crippen LogP contribution in [0.15, 0.2) is 85.1 Å². The van der Waals surface area contributed by atoms with Gasteiger partial charge in [-0.2, -0.15) is 0 Å². The summed E-state index contributed by atoms with van der Waals surface area (Å²) in [6.07, 6.45) is 24.1. The Morgan fingerprint density at radius 1 is 0.571 bits per heavy atom. The highest BCUT2D eigenvalue weighted by atomic mass is 16.6. The van der Waals surface area contributed by atoms with Gasteiger partial charge >= 0.3 is 17.9 Å². The third kappa shape index (κ3) is 22.2. The minimum Gasteiger partial charge on any atom is -0.466 e. The van der Waals surface area contributed by atoms with E-state index in [2.05, 4.69) is 65.0 Å². The van der Waals surface area contributed by atoms with Gasteiger partial charge in [0, 0.05) is 12.2 Å². The molecule has 0 aliphatic carbocycles. The van der Waals surface area contributed by atoms with Crippen molar-refractivity contribution in [1.82, 2.24) is 0 Å². The molecule has 4 unspecified atom stereocenters. The van der Waals surface area contributed by atoms with Gasteiger partial charge in [-0.15, -0.1) is 0 Å². The van der Waals surface area contributed by atoms with E-state index in [1.54, 1.807) is 12.2 Å². The first-order chi connectivity index (χ1) is 20.2. The van der Waals surface area contributed by atoms with E-state index in [0.29, 0.717) is 6.42 Å². The van der Waals surface area contributed by atoms with Crippen LogP contribution in [0.4, 0.5) is 0 Å². The number of allylic oxidation sites excluding steroid dienone is 11. The van der Waals surface area contributed by atoms with E-state index in [9.17, 15) is 34.8 Å². The zero-order chi connectivity index (χ0) is 31.4. The third-order valence-electron chi connectivity index (χ3n) is 5.39. The number of aliphatic hydroxyl groups excluding tert-OH is 4. The second kappa shape index (κ2) is 26.3. The minimum atomic E-state index is -1.90. The van der Waals surface area contributed by atoms with Crippen molar-refractivity contribution in [3.05, 3.63) is 85.1 Å². The van der Waals surface area contributed by atoms with Gasteiger partial charge < -0.3 is 34.6 Å². The topological polar surface area (TPSA) is 160 Å². The zero-order valence-corrected chi connectivity index (χ0v) is 24.5. The van der Waals surface area contributed by atoms with Gasteiger partial charge in [-0.3, -0.25) is 4.79 Å². The van der Waals surface area contributed by atoms with E-state index in [1.807, 2.05) is 12.2 Å². The van der Waals surface area contributed by atoms with Crippen molar-refractivity contribution in [1.29, 1.82) is 0 Å². The number of ether oxygens (including phenoxy) is 3. The molecule has 0 aromatic heterocycles. The van der Waals surface area contributed by atoms with Crippen molar-refractivity contribution < 1.29 is 49.0 Å². The fourth-order valence-electron chi connectivity index (χ4n) is 3.01. The molecule has 0 saturated carbocycles. The SMILES string of the molecule is CCC=CCC=CCC=CCC=CCC=CCC=CCC(=O)OCC(O)C(O)C(O)C(O)COC(=O)C=CC(=O)OC. The van der Waals surface area contributed by atoms with Crippen LogP contribution < -0.4 is 0 Å². The molecule has 0 heterocycles. The lowest BCUT2D eigenvalue weighted by molar-refractivity contribution is -0.160. The van der Waals surface area contributed by atoms with Gasteiger partial charge in [0.15, 0.2) is 0 Å². The molecule has 0 fully saturated rings. The van der Waals surface area contributed by atoms with Gasteiger partial charge in [-0.05, 0) is 38.5 Å². The standard InChI is InChI=1S/C32H46O10/c1-3-4-5-6-7-8-9-10-11-12-13-14-15-16-17-18-19-20-21-29(36)41-24-26(33)31(38)32(39)27(34)25-42-30(37)23-22-28(35)40-2/h4-5,7-8,10-11,13-14,16-17,19-20,22-23,26-27,31-34,38-39H,3,6,9,12,15,18,21,24-25H2,1-2H3. The molecule has 10 heteroatoms. The normalized spacial score (nSPS) is 15.5. The van der Waals surface area contributed by atoms with E-state index in [0.717, 1.165) is 51.4 Å². The molecule has 0 bridgehead atoms. The predicted molar refractivity (Wildman–Crippen MR) is 160 cm³/mol. The van der Waals surface area contributed by atoms with Crippen LogP contribution in [0, 0.1) is 0 Å². The number of carbonyl (C=O) groups is 3. The van der Waals surface area contributed by atoms with Gasteiger partial charge in [0.25, 0.3) is 0 Å². The molecule has 4 N–H and O–H groups in total. The average molecular weight is 591 g/mol. The van der Waals surface area contributed by atoms with Crippen LogP contribution in [0.3, 0.4) is 0 Å². The summed E-state index contributed by atoms with van der Waals surface area (Å²) in [5, 5.41) is 39.7. The van der Waals surface area contributed by atoms with E-state index < -0.39 is 55.5 Å². The van der Waals surface area contributed by atoms with Gasteiger partial charge in [-0.1, -0.05) is 79.8 Å². The fraction of sp³-hybridized carbons (Fsp3) is 0.469. The van der Waals surface area contributed by atoms with Gasteiger partial charge in [0.1, 0.15) is 37.6 Å². The molecule has 0 radical (unpaired) electrons. The molecule has 0 aromatic rings. The smallest absolute Gasteiger partial charge is 0.331 e. The van der Waals surface area contributed by atoms with Gasteiger partial charge in [0.2, 0.25) is 0 Å². The molecule has 4 atom stereocenters. The van der Waals surface area contributed by atoms with Gasteiger partial charge in [-0.25, -0.2) is 9.59 Å². The first-order valence-corrected chi connectivity index (χ1v) is 13.9. The average Bonchev–Trinajstić information content (AvgIpc) is 2.99. The Kier molecular flexibility index (Phi) is 24.1. The molecule has 234 valence electrons. The first-order valence-electron chi connectivity index (χ1n) is 13.9. The van der Waals surface area contributed by atoms with Gasteiger partial charge in [0.05, 0.1) is 13.5 Å². The van der Waals surface area contributed by atoms with E-state index in [4.69, 9.17) is 4.74 Å². The van der Waals surface area contributed by atoms with Crippen molar-refractivity contribution in [2.45, 2.75) is 76.3 Å². The maximum Gasteiger partial charge on any atom is 0.331 e. The van der Waals surface area contributed by atoms with Crippen LogP contribution >= 0.6 is 0 Å². The molecule has 0 aliphatic heterocycles. The lowest BCUT2D eigenvalue weighted by Gasteiger charge is -2.26. The van der Waals surface area contributed by atoms with Crippen molar-refractivity contribution in [3.63, 3.8) is 0 Å². The Balaban J connectivity index is 4.07. The molecule has 0 spiro atoms. The summed E-state index contributed by atoms with van der Waals surface area (Å²) in [6.45, 7) is 0.779. The highest BCUT2D eigenvalue weighted by Gasteiger charge is 2.31. The Morgan fingerprint density at radius 2 is 0.952 bits per heavy atom. The minimum absolute atomic E-state index is 0.0479. The number of hydrogen-bond donors (Lipinski definition) is 4. The molecular formula is C32H46O10. The summed E-state index contributed by atoms with van der Waals surface area (Å²) in [4.78, 5) is 34.2. The van der Waals surface area contributed by atoms with E-state index >= 15 is 0 Å². The predicted octanol–water partition coefficient (Wildman–Crippen LogP) is 3.33. The molecule has 10 nitrogen and oxygen atoms in total. The maximum absolute atomic E-state index is 11.8. The molecule has 42 heavy (non-hydrogen) atoms. The number of rotatable bonds is 22. The highest BCUT2D eigenvalue weighted by Crippen LogP contribution is 2.07. The van der Waals surface area contributed by atoms with E-state index in [1.165, 1.54) is 0 Å². The summed E-state index contributed by atoms with van der Waals surface area (Å²) >= 11 is 0. The Labute approximate surface area is 248 Å². The molecule has 0 aromatic carbocycles. The maximum atomic E-state index is 11.8. The van der Waals surface area contributed by atoms with Crippen molar-refractivity contribution in [2.75, 3.05) is 20.3 Å². The Hall–Kier alpha value is -3.57. The number of carbonyl (C=O) groups excluding carboxylic acids is 3. The molecular weight excluding hydrogens is 544 g/mol. The van der Waals surface area contributed by atoms with Crippen LogP contribution in [-0.2, 0) is 28.6 Å². The molecule has 0 saturated heterocycles. The third-order valence-corrected chi connectivity index (χ3v) is 5.39. The lowest BCUT2D eigenvalue weighted by Crippen LogP contribution is -2.48. The summed E-state index contributed by atoms with van der Waals surface area (Å²) in [6, 6.07) is 0. The summed E-state index contributed by atoms with van der Waals surface area (Å²) in [5.41, 5.74) is 0. The first kappa shape index (κ1) is 38.4. The van der Waals surface area contributed by atoms with Crippen LogP contribution in [0.1, 0.15) is 51.9 Å². The molecule has 0 amide bonds. The van der Waals surface area contributed by atoms with E-state index in [-0.39, 0.29) is 6.42 Å². The van der Waals surface area contributed by atoms with Crippen LogP contribution in [0.5, 0.6) is 0 Å². The monoisotopic (exact) mass is 590 g/mol.